The van der Waals surface area contributed by atoms with Gasteiger partial charge < -0.3 is 28.4 Å². The number of hydrogen-bond acceptors (Lipinski definition) is 10. The average molecular weight is 653 g/mol. The molecule has 1 saturated heterocycles. The minimum Gasteiger partial charge on any atom is -0.465 e. The van der Waals surface area contributed by atoms with E-state index in [4.69, 9.17) is 28.4 Å². The van der Waals surface area contributed by atoms with Gasteiger partial charge in [-0.2, -0.15) is 0 Å². The summed E-state index contributed by atoms with van der Waals surface area (Å²) in [7, 11) is 0. The van der Waals surface area contributed by atoms with Crippen molar-refractivity contribution < 1.29 is 47.6 Å². The highest BCUT2D eigenvalue weighted by atomic mass is 16.7. The monoisotopic (exact) mass is 652 g/mol. The summed E-state index contributed by atoms with van der Waals surface area (Å²) >= 11 is 0. The summed E-state index contributed by atoms with van der Waals surface area (Å²) in [6.07, 6.45) is 19.9. The molecule has 0 aromatic rings. The molecule has 1 rings (SSSR count). The summed E-state index contributed by atoms with van der Waals surface area (Å²) in [6, 6.07) is 0. The lowest BCUT2D eigenvalue weighted by atomic mass is 9.91. The molecule has 0 radical (unpaired) electrons. The molecule has 0 unspecified atom stereocenters. The van der Waals surface area contributed by atoms with Crippen LogP contribution in [0.1, 0.15) is 130 Å². The van der Waals surface area contributed by atoms with Crippen molar-refractivity contribution in [3.8, 4) is 0 Å². The Morgan fingerprint density at radius 3 is 1.30 bits per heavy atom. The molecular weight excluding hydrogens is 592 g/mol. The van der Waals surface area contributed by atoms with E-state index in [2.05, 4.69) is 26.0 Å². The van der Waals surface area contributed by atoms with Crippen LogP contribution < -0.4 is 0 Å². The van der Waals surface area contributed by atoms with Gasteiger partial charge in [-0.1, -0.05) is 63.8 Å². The molecule has 0 aromatic carbocycles. The van der Waals surface area contributed by atoms with Gasteiger partial charge in [-0.05, 0) is 65.2 Å². The summed E-state index contributed by atoms with van der Waals surface area (Å²) in [5.41, 5.74) is -0.868. The average Bonchev–Trinajstić information content (AvgIpc) is 3.03. The molecule has 46 heavy (non-hydrogen) atoms. The van der Waals surface area contributed by atoms with E-state index in [-0.39, 0.29) is 64.0 Å². The lowest BCUT2D eigenvalue weighted by molar-refractivity contribution is -0.296. The van der Waals surface area contributed by atoms with Gasteiger partial charge in [-0.25, -0.2) is 0 Å². The normalized spacial score (nSPS) is 15.6. The van der Waals surface area contributed by atoms with Gasteiger partial charge in [0.05, 0.1) is 31.8 Å². The van der Waals surface area contributed by atoms with Crippen molar-refractivity contribution in [3.63, 3.8) is 0 Å². The molecule has 0 amide bonds. The van der Waals surface area contributed by atoms with Crippen LogP contribution in [0.2, 0.25) is 0 Å². The first-order valence-corrected chi connectivity index (χ1v) is 17.3. The van der Waals surface area contributed by atoms with Crippen molar-refractivity contribution in [1.29, 1.82) is 0 Å². The van der Waals surface area contributed by atoms with Gasteiger partial charge in [-0.15, -0.1) is 0 Å². The molecule has 1 heterocycles. The largest absolute Gasteiger partial charge is 0.465 e. The topological polar surface area (TPSA) is 124 Å². The lowest BCUT2D eigenvalue weighted by Gasteiger charge is -2.42. The number of ether oxygens (including phenoxy) is 6. The standard InChI is InChI=1S/C36H60O10/c1-5-7-9-11-13-15-17-25-41-31(37)21-19-23-33(39)43-27-36(29-45-35(3,4)46-30-36)28-44-34(40)24-20-22-32(38)42-26-18-16-14-12-10-8-6-2/h13-16H,5-12,17-30H2,1-4H3/b15-13-,16-14-. The molecule has 264 valence electrons. The molecule has 0 spiro atoms. The van der Waals surface area contributed by atoms with Crippen molar-refractivity contribution in [1.82, 2.24) is 0 Å². The minimum atomic E-state index is -0.868. The van der Waals surface area contributed by atoms with Crippen LogP contribution in [0.25, 0.3) is 0 Å². The van der Waals surface area contributed by atoms with Crippen LogP contribution in [0.5, 0.6) is 0 Å². The lowest BCUT2D eigenvalue weighted by Crippen LogP contribution is -2.51. The Morgan fingerprint density at radius 2 is 0.913 bits per heavy atom. The van der Waals surface area contributed by atoms with Gasteiger partial charge in [0.1, 0.15) is 13.2 Å². The molecule has 0 bridgehead atoms. The fourth-order valence-corrected chi connectivity index (χ4v) is 4.43. The highest BCUT2D eigenvalue weighted by molar-refractivity contribution is 5.73. The third-order valence-corrected chi connectivity index (χ3v) is 7.43. The molecule has 1 aliphatic heterocycles. The summed E-state index contributed by atoms with van der Waals surface area (Å²) in [5, 5.41) is 0. The number of hydrogen-bond donors (Lipinski definition) is 0. The Labute approximate surface area is 276 Å². The zero-order valence-electron chi connectivity index (χ0n) is 28.9. The Kier molecular flexibility index (Phi) is 22.8. The quantitative estimate of drug-likeness (QED) is 0.0406. The van der Waals surface area contributed by atoms with Crippen LogP contribution >= 0.6 is 0 Å². The Hall–Kier alpha value is -2.72. The first kappa shape index (κ1) is 41.3. The maximum Gasteiger partial charge on any atom is 0.305 e. The van der Waals surface area contributed by atoms with E-state index in [0.717, 1.165) is 12.8 Å². The Bertz CT molecular complexity index is 852. The van der Waals surface area contributed by atoms with Crippen molar-refractivity contribution in [2.45, 2.75) is 136 Å². The summed E-state index contributed by atoms with van der Waals surface area (Å²) < 4.78 is 33.0. The zero-order chi connectivity index (χ0) is 33.9. The smallest absolute Gasteiger partial charge is 0.305 e. The van der Waals surface area contributed by atoms with E-state index >= 15 is 0 Å². The number of rotatable bonds is 26. The first-order chi connectivity index (χ1) is 22.1. The summed E-state index contributed by atoms with van der Waals surface area (Å²) in [6.45, 7) is 8.75. The van der Waals surface area contributed by atoms with Gasteiger partial charge in [-0.3, -0.25) is 19.2 Å². The predicted molar refractivity (Wildman–Crippen MR) is 176 cm³/mol. The number of unbranched alkanes of at least 4 members (excludes halogenated alkanes) is 6. The van der Waals surface area contributed by atoms with E-state index in [1.165, 1.54) is 38.5 Å². The SMILES string of the molecule is CCCCC/C=C\CCOC(=O)CCCC(=O)OCC1(COC(=O)CCCC(=O)OCC/C=C\CCCCC)COC(C)(C)OC1. The third-order valence-electron chi connectivity index (χ3n) is 7.43. The molecule has 0 aliphatic carbocycles. The third kappa shape index (κ3) is 21.9. The molecule has 1 aliphatic rings. The van der Waals surface area contributed by atoms with E-state index in [1.54, 1.807) is 13.8 Å². The predicted octanol–water partition coefficient (Wildman–Crippen LogP) is 7.32. The number of esters is 4. The maximum atomic E-state index is 12.4. The number of carbonyl (C=O) groups excluding carboxylic acids is 4. The molecule has 0 aromatic heterocycles. The highest BCUT2D eigenvalue weighted by Crippen LogP contribution is 2.31. The minimum absolute atomic E-state index is 0.0564. The molecule has 10 nitrogen and oxygen atoms in total. The van der Waals surface area contributed by atoms with Crippen LogP contribution in [0.3, 0.4) is 0 Å². The van der Waals surface area contributed by atoms with Crippen LogP contribution in [0, 0.1) is 5.41 Å². The fourth-order valence-electron chi connectivity index (χ4n) is 4.43. The van der Waals surface area contributed by atoms with Gasteiger partial charge in [0.2, 0.25) is 0 Å². The van der Waals surface area contributed by atoms with Crippen molar-refractivity contribution in [2.24, 2.45) is 5.41 Å². The zero-order valence-corrected chi connectivity index (χ0v) is 28.9. The second kappa shape index (κ2) is 25.4. The van der Waals surface area contributed by atoms with Crippen LogP contribution in [0.4, 0.5) is 0 Å². The van der Waals surface area contributed by atoms with Gasteiger partial charge in [0.15, 0.2) is 5.79 Å². The van der Waals surface area contributed by atoms with Gasteiger partial charge in [0, 0.05) is 25.7 Å². The van der Waals surface area contributed by atoms with Crippen molar-refractivity contribution in [3.05, 3.63) is 24.3 Å². The molecule has 0 N–H and O–H groups in total. The number of allylic oxidation sites excluding steroid dienone is 2. The van der Waals surface area contributed by atoms with Gasteiger partial charge in [0.25, 0.3) is 0 Å². The molecule has 0 atom stereocenters. The van der Waals surface area contributed by atoms with Crippen LogP contribution in [0.15, 0.2) is 24.3 Å². The van der Waals surface area contributed by atoms with Crippen LogP contribution in [-0.2, 0) is 47.6 Å². The molecule has 0 saturated carbocycles. The molecule has 1 fully saturated rings. The number of carbonyl (C=O) groups is 4. The second-order valence-corrected chi connectivity index (χ2v) is 12.5. The van der Waals surface area contributed by atoms with E-state index in [0.29, 0.717) is 38.9 Å². The molecular formula is C36H60O10. The fraction of sp³-hybridized carbons (Fsp3) is 0.778. The molecule has 10 heteroatoms. The van der Waals surface area contributed by atoms with Gasteiger partial charge >= 0.3 is 23.9 Å². The van der Waals surface area contributed by atoms with Crippen molar-refractivity contribution in [2.75, 3.05) is 39.6 Å². The summed E-state index contributed by atoms with van der Waals surface area (Å²) in [5.74, 6) is -2.43. The summed E-state index contributed by atoms with van der Waals surface area (Å²) in [4.78, 5) is 48.8. The Morgan fingerprint density at radius 1 is 0.543 bits per heavy atom. The van der Waals surface area contributed by atoms with Crippen molar-refractivity contribution >= 4 is 23.9 Å². The second-order valence-electron chi connectivity index (χ2n) is 12.5. The maximum absolute atomic E-state index is 12.4. The first-order valence-electron chi connectivity index (χ1n) is 17.3. The Balaban J connectivity index is 2.32. The van der Waals surface area contributed by atoms with E-state index < -0.39 is 23.1 Å². The van der Waals surface area contributed by atoms with E-state index in [1.807, 2.05) is 12.2 Å². The van der Waals surface area contributed by atoms with E-state index in [9.17, 15) is 19.2 Å². The highest BCUT2D eigenvalue weighted by Gasteiger charge is 2.42. The van der Waals surface area contributed by atoms with Crippen LogP contribution in [-0.4, -0.2) is 69.3 Å².